The lowest BCUT2D eigenvalue weighted by Gasteiger charge is -2.09. The molecule has 0 radical (unpaired) electrons. The number of aromatic nitrogens is 5. The van der Waals surface area contributed by atoms with Gasteiger partial charge in [-0.25, -0.2) is 9.97 Å². The van der Waals surface area contributed by atoms with Gasteiger partial charge >= 0.3 is 0 Å². The first kappa shape index (κ1) is 16.0. The lowest BCUT2D eigenvalue weighted by Crippen LogP contribution is -2.08. The molecule has 0 aliphatic rings. The second kappa shape index (κ2) is 6.79. The molecule has 0 saturated heterocycles. The quantitative estimate of drug-likeness (QED) is 0.603. The summed E-state index contributed by atoms with van der Waals surface area (Å²) in [5, 5.41) is 7.98. The summed E-state index contributed by atoms with van der Waals surface area (Å²) in [4.78, 5) is 20.4. The highest BCUT2D eigenvalue weighted by molar-refractivity contribution is 5.92. The Kier molecular flexibility index (Phi) is 4.18. The average Bonchev–Trinajstić information content (AvgIpc) is 3.30. The maximum absolute atomic E-state index is 11.2. The van der Waals surface area contributed by atoms with Gasteiger partial charge in [0, 0.05) is 49.3 Å². The van der Waals surface area contributed by atoms with Crippen LogP contribution in [0.2, 0.25) is 0 Å². The van der Waals surface area contributed by atoms with Gasteiger partial charge in [0.2, 0.25) is 5.91 Å². The Labute approximate surface area is 150 Å². The number of carbonyl (C=O) groups excluding carboxylic acids is 1. The molecule has 7 nitrogen and oxygen atoms in total. The molecular formula is C19H18N6O. The number of anilines is 1. The zero-order valence-electron chi connectivity index (χ0n) is 14.3. The summed E-state index contributed by atoms with van der Waals surface area (Å²) in [6.45, 7) is 3.02. The second-order valence-corrected chi connectivity index (χ2v) is 6.00. The fraction of sp³-hybridized carbons (Fsp3) is 0.158. The minimum atomic E-state index is -0.0897. The first-order chi connectivity index (χ1) is 12.7. The van der Waals surface area contributed by atoms with E-state index >= 15 is 0 Å². The van der Waals surface area contributed by atoms with Crippen LogP contribution in [0.4, 0.5) is 5.69 Å². The van der Waals surface area contributed by atoms with Crippen molar-refractivity contribution in [3.05, 3.63) is 61.2 Å². The number of carbonyl (C=O) groups is 1. The van der Waals surface area contributed by atoms with E-state index in [1.807, 2.05) is 53.5 Å². The molecule has 0 saturated carbocycles. The predicted molar refractivity (Wildman–Crippen MR) is 99.5 cm³/mol. The van der Waals surface area contributed by atoms with Crippen LogP contribution in [0, 0.1) is 0 Å². The highest BCUT2D eigenvalue weighted by Crippen LogP contribution is 2.22. The van der Waals surface area contributed by atoms with E-state index in [0.29, 0.717) is 0 Å². The third kappa shape index (κ3) is 3.32. The number of hydrogen-bond acceptors (Lipinski definition) is 4. The SMILES string of the molecule is CC(=O)Nc1ccc2nc(-c3nccn3CCn3cccn3)ccc2c1. The Morgan fingerprint density at radius 3 is 2.85 bits per heavy atom. The van der Waals surface area contributed by atoms with E-state index in [2.05, 4.69) is 20.0 Å². The number of nitrogens with zero attached hydrogens (tertiary/aromatic N) is 5. The lowest BCUT2D eigenvalue weighted by atomic mass is 10.1. The molecule has 0 bridgehead atoms. The van der Waals surface area contributed by atoms with Crippen molar-refractivity contribution in [2.75, 3.05) is 5.32 Å². The molecule has 0 fully saturated rings. The Balaban J connectivity index is 1.60. The lowest BCUT2D eigenvalue weighted by molar-refractivity contribution is -0.114. The van der Waals surface area contributed by atoms with E-state index in [9.17, 15) is 4.79 Å². The van der Waals surface area contributed by atoms with Gasteiger partial charge in [0.1, 0.15) is 5.69 Å². The molecule has 0 atom stereocenters. The summed E-state index contributed by atoms with van der Waals surface area (Å²) in [6.07, 6.45) is 7.45. The summed E-state index contributed by atoms with van der Waals surface area (Å²) in [6, 6.07) is 11.5. The van der Waals surface area contributed by atoms with Crippen molar-refractivity contribution >= 4 is 22.5 Å². The molecule has 3 heterocycles. The van der Waals surface area contributed by atoms with E-state index in [1.165, 1.54) is 6.92 Å². The van der Waals surface area contributed by atoms with E-state index in [1.54, 1.807) is 12.4 Å². The number of aryl methyl sites for hydroxylation is 2. The van der Waals surface area contributed by atoms with E-state index in [4.69, 9.17) is 4.98 Å². The van der Waals surface area contributed by atoms with Crippen LogP contribution in [-0.4, -0.2) is 30.2 Å². The number of amides is 1. The van der Waals surface area contributed by atoms with Crippen LogP contribution in [0.25, 0.3) is 22.4 Å². The van der Waals surface area contributed by atoms with Gasteiger partial charge < -0.3 is 9.88 Å². The number of rotatable bonds is 5. The van der Waals surface area contributed by atoms with Crippen LogP contribution in [0.1, 0.15) is 6.92 Å². The molecule has 4 rings (SSSR count). The summed E-state index contributed by atoms with van der Waals surface area (Å²) in [7, 11) is 0. The normalized spacial score (nSPS) is 11.0. The third-order valence-corrected chi connectivity index (χ3v) is 4.08. The first-order valence-corrected chi connectivity index (χ1v) is 8.36. The average molecular weight is 346 g/mol. The van der Waals surface area contributed by atoms with Crippen molar-refractivity contribution in [2.45, 2.75) is 20.0 Å². The Hall–Kier alpha value is -3.48. The predicted octanol–water partition coefficient (Wildman–Crippen LogP) is 2.95. The number of imidazole rings is 1. The maximum Gasteiger partial charge on any atom is 0.221 e. The molecule has 3 aromatic heterocycles. The van der Waals surface area contributed by atoms with Crippen molar-refractivity contribution in [1.82, 2.24) is 24.3 Å². The number of fused-ring (bicyclic) bond motifs is 1. The largest absolute Gasteiger partial charge is 0.328 e. The molecule has 0 aliphatic carbocycles. The van der Waals surface area contributed by atoms with Crippen LogP contribution in [0.3, 0.4) is 0 Å². The van der Waals surface area contributed by atoms with Crippen LogP contribution in [0.5, 0.6) is 0 Å². The minimum absolute atomic E-state index is 0.0897. The molecule has 130 valence electrons. The summed E-state index contributed by atoms with van der Waals surface area (Å²) >= 11 is 0. The molecule has 7 heteroatoms. The van der Waals surface area contributed by atoms with Crippen molar-refractivity contribution in [2.24, 2.45) is 0 Å². The van der Waals surface area contributed by atoms with E-state index < -0.39 is 0 Å². The van der Waals surface area contributed by atoms with Crippen molar-refractivity contribution in [3.8, 4) is 11.5 Å². The smallest absolute Gasteiger partial charge is 0.221 e. The van der Waals surface area contributed by atoms with Gasteiger partial charge in [-0.2, -0.15) is 5.10 Å². The highest BCUT2D eigenvalue weighted by Gasteiger charge is 2.09. The minimum Gasteiger partial charge on any atom is -0.328 e. The molecule has 1 amide bonds. The Morgan fingerprint density at radius 1 is 1.12 bits per heavy atom. The molecule has 1 aromatic carbocycles. The first-order valence-electron chi connectivity index (χ1n) is 8.36. The fourth-order valence-electron chi connectivity index (χ4n) is 2.90. The summed E-state index contributed by atoms with van der Waals surface area (Å²) in [5.74, 6) is 0.734. The van der Waals surface area contributed by atoms with Gasteiger partial charge in [-0.1, -0.05) is 6.07 Å². The summed E-state index contributed by atoms with van der Waals surface area (Å²) in [5.41, 5.74) is 2.44. The number of pyridine rings is 1. The second-order valence-electron chi connectivity index (χ2n) is 6.00. The van der Waals surface area contributed by atoms with Crippen LogP contribution in [-0.2, 0) is 17.9 Å². The van der Waals surface area contributed by atoms with Gasteiger partial charge in [-0.05, 0) is 30.3 Å². The molecule has 0 spiro atoms. The monoisotopic (exact) mass is 346 g/mol. The van der Waals surface area contributed by atoms with Gasteiger partial charge in [0.25, 0.3) is 0 Å². The van der Waals surface area contributed by atoms with Crippen LogP contribution >= 0.6 is 0 Å². The zero-order chi connectivity index (χ0) is 17.9. The van der Waals surface area contributed by atoms with Gasteiger partial charge in [-0.15, -0.1) is 0 Å². The molecule has 0 unspecified atom stereocenters. The number of benzene rings is 1. The topological polar surface area (TPSA) is 77.6 Å². The van der Waals surface area contributed by atoms with E-state index in [0.717, 1.165) is 41.2 Å². The molecule has 26 heavy (non-hydrogen) atoms. The Bertz CT molecular complexity index is 1050. The van der Waals surface area contributed by atoms with E-state index in [-0.39, 0.29) is 5.91 Å². The van der Waals surface area contributed by atoms with Gasteiger partial charge in [0.05, 0.1) is 12.1 Å². The van der Waals surface area contributed by atoms with Crippen molar-refractivity contribution < 1.29 is 4.79 Å². The standard InChI is InChI=1S/C19H18N6O/c1-14(26)22-16-4-6-17-15(13-16)3-5-18(23-17)19-20-8-10-24(19)11-12-25-9-2-7-21-25/h2-10,13H,11-12H2,1H3,(H,22,26). The maximum atomic E-state index is 11.2. The van der Waals surface area contributed by atoms with Crippen LogP contribution in [0.15, 0.2) is 61.2 Å². The summed E-state index contributed by atoms with van der Waals surface area (Å²) < 4.78 is 3.96. The van der Waals surface area contributed by atoms with Crippen molar-refractivity contribution in [3.63, 3.8) is 0 Å². The molecule has 0 aliphatic heterocycles. The zero-order valence-corrected chi connectivity index (χ0v) is 14.3. The number of nitrogens with one attached hydrogen (secondary N) is 1. The van der Waals surface area contributed by atoms with Gasteiger partial charge in [0.15, 0.2) is 5.82 Å². The number of hydrogen-bond donors (Lipinski definition) is 1. The highest BCUT2D eigenvalue weighted by atomic mass is 16.1. The third-order valence-electron chi connectivity index (χ3n) is 4.08. The van der Waals surface area contributed by atoms with Gasteiger partial charge in [-0.3, -0.25) is 9.48 Å². The molecule has 4 aromatic rings. The Morgan fingerprint density at radius 2 is 2.04 bits per heavy atom. The molecular weight excluding hydrogens is 328 g/mol. The fourth-order valence-corrected chi connectivity index (χ4v) is 2.90. The van der Waals surface area contributed by atoms with Crippen LogP contribution < -0.4 is 5.32 Å². The van der Waals surface area contributed by atoms with Crippen molar-refractivity contribution in [1.29, 1.82) is 0 Å². The molecule has 1 N–H and O–H groups in total.